The average molecular weight is 281 g/mol. The van der Waals surface area contributed by atoms with Crippen molar-refractivity contribution in [2.24, 2.45) is 0 Å². The third-order valence-corrected chi connectivity index (χ3v) is 4.75. The number of pyridine rings is 1. The van der Waals surface area contributed by atoms with Crippen LogP contribution in [0.2, 0.25) is 0 Å². The molecule has 2 aromatic rings. The minimum atomic E-state index is 0.745. The lowest BCUT2D eigenvalue weighted by atomic mass is 9.95. The molecular formula is C18H23N3. The smallest absolute Gasteiger partial charge is 0.0708 e. The molecule has 0 saturated heterocycles. The molecule has 1 fully saturated rings. The van der Waals surface area contributed by atoms with Gasteiger partial charge in [-0.05, 0) is 50.1 Å². The summed E-state index contributed by atoms with van der Waals surface area (Å²) >= 11 is 0. The molecule has 2 heterocycles. The Morgan fingerprint density at radius 1 is 1.33 bits per heavy atom. The number of benzene rings is 1. The summed E-state index contributed by atoms with van der Waals surface area (Å²) in [6.45, 7) is 5.31. The second-order valence-electron chi connectivity index (χ2n) is 6.68. The van der Waals surface area contributed by atoms with E-state index >= 15 is 0 Å². The van der Waals surface area contributed by atoms with Gasteiger partial charge in [-0.2, -0.15) is 0 Å². The van der Waals surface area contributed by atoms with Gasteiger partial charge in [0, 0.05) is 43.2 Å². The van der Waals surface area contributed by atoms with Crippen molar-refractivity contribution in [1.29, 1.82) is 0 Å². The Morgan fingerprint density at radius 2 is 2.19 bits per heavy atom. The van der Waals surface area contributed by atoms with E-state index in [1.807, 2.05) is 0 Å². The first-order valence-electron chi connectivity index (χ1n) is 8.03. The van der Waals surface area contributed by atoms with Crippen LogP contribution in [0, 0.1) is 6.92 Å². The Hall–Kier alpha value is -1.45. The fourth-order valence-electron chi connectivity index (χ4n) is 3.31. The van der Waals surface area contributed by atoms with Crippen molar-refractivity contribution in [2.45, 2.75) is 45.3 Å². The Labute approximate surface area is 126 Å². The van der Waals surface area contributed by atoms with Gasteiger partial charge >= 0.3 is 0 Å². The molecule has 1 saturated carbocycles. The summed E-state index contributed by atoms with van der Waals surface area (Å²) in [5, 5.41) is 5.05. The van der Waals surface area contributed by atoms with Gasteiger partial charge < -0.3 is 10.2 Å². The topological polar surface area (TPSA) is 28.2 Å². The summed E-state index contributed by atoms with van der Waals surface area (Å²) in [5.41, 5.74) is 6.75. The number of hydrogen-bond acceptors (Lipinski definition) is 3. The molecule has 2 aliphatic rings. The molecule has 1 aliphatic heterocycles. The van der Waals surface area contributed by atoms with Gasteiger partial charge in [-0.1, -0.05) is 11.6 Å². The first-order chi connectivity index (χ1) is 10.2. The van der Waals surface area contributed by atoms with Gasteiger partial charge in [0.2, 0.25) is 0 Å². The molecule has 0 amide bonds. The van der Waals surface area contributed by atoms with Crippen molar-refractivity contribution < 1.29 is 0 Å². The van der Waals surface area contributed by atoms with Crippen LogP contribution >= 0.6 is 0 Å². The van der Waals surface area contributed by atoms with Crippen molar-refractivity contribution in [3.63, 3.8) is 0 Å². The molecule has 3 nitrogen and oxygen atoms in total. The number of aryl methyl sites for hydroxylation is 1. The number of nitrogens with one attached hydrogen (secondary N) is 1. The molecule has 0 radical (unpaired) electrons. The minimum absolute atomic E-state index is 0.745. The van der Waals surface area contributed by atoms with Crippen molar-refractivity contribution in [2.75, 3.05) is 13.6 Å². The lowest BCUT2D eigenvalue weighted by Crippen LogP contribution is -2.29. The fourth-order valence-corrected chi connectivity index (χ4v) is 3.31. The molecule has 0 spiro atoms. The first kappa shape index (κ1) is 13.2. The lowest BCUT2D eigenvalue weighted by molar-refractivity contribution is 0.308. The zero-order valence-corrected chi connectivity index (χ0v) is 12.9. The summed E-state index contributed by atoms with van der Waals surface area (Å²) in [5.74, 6) is 0. The van der Waals surface area contributed by atoms with Crippen LogP contribution in [0.25, 0.3) is 10.9 Å². The summed E-state index contributed by atoms with van der Waals surface area (Å²) in [4.78, 5) is 7.35. The molecule has 0 atom stereocenters. The molecule has 0 bridgehead atoms. The highest BCUT2D eigenvalue weighted by molar-refractivity contribution is 5.84. The molecule has 1 aliphatic carbocycles. The lowest BCUT2D eigenvalue weighted by Gasteiger charge is -2.27. The second kappa shape index (κ2) is 5.08. The normalized spacial score (nSPS) is 19.0. The summed E-state index contributed by atoms with van der Waals surface area (Å²) in [7, 11) is 2.21. The van der Waals surface area contributed by atoms with Gasteiger partial charge in [-0.15, -0.1) is 0 Å². The maximum atomic E-state index is 4.94. The Kier molecular flexibility index (Phi) is 3.20. The van der Waals surface area contributed by atoms with Crippen molar-refractivity contribution in [1.82, 2.24) is 15.2 Å². The number of hydrogen-bond donors (Lipinski definition) is 1. The molecule has 1 N–H and O–H groups in total. The van der Waals surface area contributed by atoms with E-state index in [0.29, 0.717) is 0 Å². The molecular weight excluding hydrogens is 258 g/mol. The van der Waals surface area contributed by atoms with E-state index in [9.17, 15) is 0 Å². The third kappa shape index (κ3) is 2.56. The van der Waals surface area contributed by atoms with Gasteiger partial charge in [0.05, 0.1) is 5.52 Å². The second-order valence-corrected chi connectivity index (χ2v) is 6.68. The maximum absolute atomic E-state index is 4.94. The predicted molar refractivity (Wildman–Crippen MR) is 86.4 cm³/mol. The van der Waals surface area contributed by atoms with Crippen LogP contribution in [0.3, 0.4) is 0 Å². The predicted octanol–water partition coefficient (Wildman–Crippen LogP) is 2.78. The van der Waals surface area contributed by atoms with Crippen molar-refractivity contribution >= 4 is 10.9 Å². The van der Waals surface area contributed by atoms with Gasteiger partial charge in [-0.3, -0.25) is 4.98 Å². The first-order valence-corrected chi connectivity index (χ1v) is 8.03. The fraction of sp³-hybridized carbons (Fsp3) is 0.500. The summed E-state index contributed by atoms with van der Waals surface area (Å²) in [6, 6.07) is 7.41. The molecule has 4 rings (SSSR count). The van der Waals surface area contributed by atoms with E-state index in [0.717, 1.165) is 37.6 Å². The van der Waals surface area contributed by atoms with Crippen LogP contribution < -0.4 is 5.32 Å². The van der Waals surface area contributed by atoms with Crippen molar-refractivity contribution in [3.8, 4) is 0 Å². The zero-order chi connectivity index (χ0) is 14.4. The van der Waals surface area contributed by atoms with Crippen molar-refractivity contribution in [3.05, 3.63) is 40.6 Å². The van der Waals surface area contributed by atoms with Gasteiger partial charge in [0.25, 0.3) is 0 Å². The van der Waals surface area contributed by atoms with Crippen LogP contribution in [0.1, 0.15) is 35.2 Å². The standard InChI is InChI=1S/C18H23N3/c1-12-3-6-17-14(9-12)15(10-19-13-4-5-13)16-11-21(2)8-7-18(16)20-17/h3,6,9,13,19H,4-5,7-8,10-11H2,1-2H3. The average Bonchev–Trinajstić information content (AvgIpc) is 3.28. The summed E-state index contributed by atoms with van der Waals surface area (Å²) in [6.07, 6.45) is 3.75. The van der Waals surface area contributed by atoms with Gasteiger partial charge in [0.1, 0.15) is 0 Å². The molecule has 110 valence electrons. The monoisotopic (exact) mass is 281 g/mol. The van der Waals surface area contributed by atoms with E-state index in [2.05, 4.69) is 42.4 Å². The maximum Gasteiger partial charge on any atom is 0.0708 e. The van der Waals surface area contributed by atoms with E-state index in [1.165, 1.54) is 40.6 Å². The largest absolute Gasteiger partial charge is 0.310 e. The van der Waals surface area contributed by atoms with Crippen LogP contribution in [0.5, 0.6) is 0 Å². The van der Waals surface area contributed by atoms with E-state index in [-0.39, 0.29) is 0 Å². The quantitative estimate of drug-likeness (QED) is 0.937. The van der Waals surface area contributed by atoms with Gasteiger partial charge in [0.15, 0.2) is 0 Å². The number of fused-ring (bicyclic) bond motifs is 2. The zero-order valence-electron chi connectivity index (χ0n) is 12.9. The molecule has 1 aromatic carbocycles. The number of likely N-dealkylation sites (N-methyl/N-ethyl adjacent to an activating group) is 1. The van der Waals surface area contributed by atoms with Crippen LogP contribution in [0.4, 0.5) is 0 Å². The van der Waals surface area contributed by atoms with Gasteiger partial charge in [-0.25, -0.2) is 0 Å². The Morgan fingerprint density at radius 3 is 3.00 bits per heavy atom. The molecule has 1 aromatic heterocycles. The third-order valence-electron chi connectivity index (χ3n) is 4.75. The summed E-state index contributed by atoms with van der Waals surface area (Å²) < 4.78 is 0. The Bertz CT molecular complexity index is 688. The highest BCUT2D eigenvalue weighted by Gasteiger charge is 2.24. The van der Waals surface area contributed by atoms with Crippen LogP contribution in [-0.2, 0) is 19.5 Å². The minimum Gasteiger partial charge on any atom is -0.310 e. The Balaban J connectivity index is 1.85. The van der Waals surface area contributed by atoms with E-state index < -0.39 is 0 Å². The molecule has 3 heteroatoms. The number of nitrogens with zero attached hydrogens (tertiary/aromatic N) is 2. The van der Waals surface area contributed by atoms with Crippen LogP contribution in [0.15, 0.2) is 18.2 Å². The molecule has 21 heavy (non-hydrogen) atoms. The van der Waals surface area contributed by atoms with E-state index in [4.69, 9.17) is 4.98 Å². The SMILES string of the molecule is Cc1ccc2nc3c(c(CNC4CC4)c2c1)CN(C)CC3. The highest BCUT2D eigenvalue weighted by atomic mass is 15.1. The number of aromatic nitrogens is 1. The number of rotatable bonds is 3. The molecule has 0 unspecified atom stereocenters. The van der Waals surface area contributed by atoms with E-state index in [1.54, 1.807) is 0 Å². The highest BCUT2D eigenvalue weighted by Crippen LogP contribution is 2.29. The van der Waals surface area contributed by atoms with Crippen LogP contribution in [-0.4, -0.2) is 29.5 Å².